The monoisotopic (exact) mass is 396 g/mol. The lowest BCUT2D eigenvalue weighted by Gasteiger charge is -2.17. The molecule has 1 aromatic carbocycles. The third-order valence-electron chi connectivity index (χ3n) is 3.58. The van der Waals surface area contributed by atoms with Crippen LogP contribution < -0.4 is 10.0 Å². The van der Waals surface area contributed by atoms with Crippen LogP contribution >= 0.6 is 11.3 Å². The fraction of sp³-hybridized carbons (Fsp3) is 0.294. The molecule has 140 valence electrons. The molecule has 1 aromatic heterocycles. The molecule has 1 atom stereocenters. The van der Waals surface area contributed by atoms with Crippen molar-refractivity contribution in [3.8, 4) is 0 Å². The van der Waals surface area contributed by atoms with E-state index >= 15 is 0 Å². The summed E-state index contributed by atoms with van der Waals surface area (Å²) < 4.78 is 27.0. The average molecular weight is 396 g/mol. The van der Waals surface area contributed by atoms with Crippen LogP contribution in [0, 0.1) is 5.92 Å². The van der Waals surface area contributed by atoms with Crippen molar-refractivity contribution in [1.82, 2.24) is 5.32 Å². The number of nitrogens with one attached hydrogen (secondary N) is 2. The number of hydrogen-bond acceptors (Lipinski definition) is 5. The Bertz CT molecular complexity index is 859. The quantitative estimate of drug-likeness (QED) is 0.634. The molecule has 2 aromatic rings. The van der Waals surface area contributed by atoms with Gasteiger partial charge in [0.2, 0.25) is 5.91 Å². The summed E-state index contributed by atoms with van der Waals surface area (Å²) in [6.07, 6.45) is 0.00839. The van der Waals surface area contributed by atoms with E-state index in [9.17, 15) is 18.0 Å². The standard InChI is InChI=1S/C17H20N2O5S2/c1-11(2)16(17(21)22)18-14(20)10-12-5-7-13(8-6-12)19-26(23,24)15-4-3-9-25-15/h3-9,11,16,19H,10H2,1-2H3,(H,18,20)(H,21,22)/t16-/m0/s1. The molecule has 0 fully saturated rings. The van der Waals surface area contributed by atoms with Gasteiger partial charge in [-0.05, 0) is 35.1 Å². The van der Waals surface area contributed by atoms with Crippen LogP contribution in [0.1, 0.15) is 19.4 Å². The zero-order chi connectivity index (χ0) is 19.3. The summed E-state index contributed by atoms with van der Waals surface area (Å²) >= 11 is 1.12. The number of carbonyl (C=O) groups is 2. The number of benzene rings is 1. The maximum Gasteiger partial charge on any atom is 0.326 e. The Balaban J connectivity index is 1.99. The fourth-order valence-corrected chi connectivity index (χ4v) is 4.29. The summed E-state index contributed by atoms with van der Waals surface area (Å²) in [5, 5.41) is 13.3. The minimum atomic E-state index is -3.62. The highest BCUT2D eigenvalue weighted by Gasteiger charge is 2.23. The predicted octanol–water partition coefficient (Wildman–Crippen LogP) is 2.32. The van der Waals surface area contributed by atoms with Crippen LogP contribution in [0.15, 0.2) is 46.0 Å². The molecule has 7 nitrogen and oxygen atoms in total. The van der Waals surface area contributed by atoms with Gasteiger partial charge in [0.15, 0.2) is 0 Å². The molecule has 26 heavy (non-hydrogen) atoms. The molecule has 1 amide bonds. The zero-order valence-electron chi connectivity index (χ0n) is 14.3. The van der Waals surface area contributed by atoms with E-state index in [1.807, 2.05) is 0 Å². The molecule has 2 rings (SSSR count). The Kier molecular flexibility index (Phi) is 6.38. The number of thiophene rings is 1. The second-order valence-electron chi connectivity index (χ2n) is 6.04. The predicted molar refractivity (Wildman–Crippen MR) is 99.7 cm³/mol. The first-order chi connectivity index (χ1) is 12.2. The number of carboxylic acids is 1. The topological polar surface area (TPSA) is 113 Å². The number of aliphatic carboxylic acids is 1. The minimum absolute atomic E-state index is 0.00839. The third kappa shape index (κ3) is 5.30. The van der Waals surface area contributed by atoms with Gasteiger partial charge in [0.05, 0.1) is 6.42 Å². The van der Waals surface area contributed by atoms with Crippen LogP contribution in [0.25, 0.3) is 0 Å². The van der Waals surface area contributed by atoms with Gasteiger partial charge in [0.1, 0.15) is 10.3 Å². The maximum absolute atomic E-state index is 12.2. The van der Waals surface area contributed by atoms with Gasteiger partial charge in [0.25, 0.3) is 10.0 Å². The van der Waals surface area contributed by atoms with Crippen LogP contribution in [-0.4, -0.2) is 31.4 Å². The van der Waals surface area contributed by atoms with Gasteiger partial charge in [-0.3, -0.25) is 9.52 Å². The fourth-order valence-electron chi connectivity index (χ4n) is 2.24. The van der Waals surface area contributed by atoms with E-state index in [0.717, 1.165) is 11.3 Å². The lowest BCUT2D eigenvalue weighted by molar-refractivity contribution is -0.143. The molecule has 0 aliphatic rings. The average Bonchev–Trinajstić information content (AvgIpc) is 3.09. The molecule has 0 unspecified atom stereocenters. The van der Waals surface area contributed by atoms with Gasteiger partial charge in [0, 0.05) is 5.69 Å². The number of amides is 1. The van der Waals surface area contributed by atoms with Gasteiger partial charge >= 0.3 is 5.97 Å². The first-order valence-corrected chi connectivity index (χ1v) is 10.2. The van der Waals surface area contributed by atoms with Crippen LogP contribution in [0.3, 0.4) is 0 Å². The van der Waals surface area contributed by atoms with E-state index < -0.39 is 27.9 Å². The molecule has 0 saturated heterocycles. The highest BCUT2D eigenvalue weighted by atomic mass is 32.2. The number of rotatable bonds is 8. The molecule has 3 N–H and O–H groups in total. The van der Waals surface area contributed by atoms with Crippen molar-refractivity contribution >= 4 is 38.9 Å². The van der Waals surface area contributed by atoms with Crippen molar-refractivity contribution in [2.45, 2.75) is 30.5 Å². The summed E-state index contributed by atoms with van der Waals surface area (Å²) in [4.78, 5) is 23.1. The zero-order valence-corrected chi connectivity index (χ0v) is 15.9. The Morgan fingerprint density at radius 3 is 2.31 bits per heavy atom. The number of carboxylic acid groups (broad SMARTS) is 1. The molecule has 0 spiro atoms. The molecule has 0 bridgehead atoms. The molecule has 0 radical (unpaired) electrons. The first-order valence-electron chi connectivity index (χ1n) is 7.86. The van der Waals surface area contributed by atoms with E-state index in [1.54, 1.807) is 49.6 Å². The molecule has 0 aliphatic heterocycles. The summed E-state index contributed by atoms with van der Waals surface area (Å²) in [5.74, 6) is -1.71. The van der Waals surface area contributed by atoms with E-state index in [2.05, 4.69) is 10.0 Å². The third-order valence-corrected chi connectivity index (χ3v) is 6.36. The maximum atomic E-state index is 12.2. The second-order valence-corrected chi connectivity index (χ2v) is 8.90. The molecule has 9 heteroatoms. The Morgan fingerprint density at radius 1 is 1.15 bits per heavy atom. The van der Waals surface area contributed by atoms with Crippen molar-refractivity contribution in [1.29, 1.82) is 0 Å². The molecule has 0 aliphatic carbocycles. The van der Waals surface area contributed by atoms with Gasteiger partial charge in [-0.2, -0.15) is 0 Å². The van der Waals surface area contributed by atoms with Crippen LogP contribution in [0.4, 0.5) is 5.69 Å². The molecular weight excluding hydrogens is 376 g/mol. The number of anilines is 1. The van der Waals surface area contributed by atoms with Crippen molar-refractivity contribution in [3.05, 3.63) is 47.3 Å². The van der Waals surface area contributed by atoms with Crippen molar-refractivity contribution in [2.75, 3.05) is 4.72 Å². The summed E-state index contributed by atoms with van der Waals surface area (Å²) in [6, 6.07) is 8.59. The van der Waals surface area contributed by atoms with Gasteiger partial charge < -0.3 is 10.4 Å². The lowest BCUT2D eigenvalue weighted by atomic mass is 10.0. The Morgan fingerprint density at radius 2 is 1.81 bits per heavy atom. The van der Waals surface area contributed by atoms with Crippen LogP contribution in [0.5, 0.6) is 0 Å². The van der Waals surface area contributed by atoms with Crippen molar-refractivity contribution in [3.63, 3.8) is 0 Å². The van der Waals surface area contributed by atoms with Crippen molar-refractivity contribution in [2.24, 2.45) is 5.92 Å². The van der Waals surface area contributed by atoms with E-state index in [4.69, 9.17) is 5.11 Å². The minimum Gasteiger partial charge on any atom is -0.480 e. The molecule has 1 heterocycles. The molecule has 0 saturated carbocycles. The Labute approximate surface area is 156 Å². The number of hydrogen-bond donors (Lipinski definition) is 3. The summed E-state index contributed by atoms with van der Waals surface area (Å²) in [7, 11) is -3.62. The van der Waals surface area contributed by atoms with Crippen molar-refractivity contribution < 1.29 is 23.1 Å². The number of carbonyl (C=O) groups excluding carboxylic acids is 1. The summed E-state index contributed by atoms with van der Waals surface area (Å²) in [6.45, 7) is 3.43. The lowest BCUT2D eigenvalue weighted by Crippen LogP contribution is -2.44. The summed E-state index contributed by atoms with van der Waals surface area (Å²) in [5.41, 5.74) is 1.03. The van der Waals surface area contributed by atoms with Gasteiger partial charge in [-0.1, -0.05) is 32.0 Å². The van der Waals surface area contributed by atoms with E-state index in [0.29, 0.717) is 11.3 Å². The highest BCUT2D eigenvalue weighted by molar-refractivity contribution is 7.94. The first kappa shape index (κ1) is 19.9. The Hall–Kier alpha value is -2.39. The van der Waals surface area contributed by atoms with E-state index in [-0.39, 0.29) is 16.5 Å². The normalized spacial score (nSPS) is 12.6. The van der Waals surface area contributed by atoms with Gasteiger partial charge in [-0.15, -0.1) is 11.3 Å². The smallest absolute Gasteiger partial charge is 0.326 e. The van der Waals surface area contributed by atoms with Crippen LogP contribution in [-0.2, 0) is 26.0 Å². The van der Waals surface area contributed by atoms with Crippen LogP contribution in [0.2, 0.25) is 0 Å². The highest BCUT2D eigenvalue weighted by Crippen LogP contribution is 2.20. The SMILES string of the molecule is CC(C)[C@H](NC(=O)Cc1ccc(NS(=O)(=O)c2cccs2)cc1)C(=O)O. The number of sulfonamides is 1. The molecular formula is C17H20N2O5S2. The largest absolute Gasteiger partial charge is 0.480 e. The van der Waals surface area contributed by atoms with E-state index in [1.165, 1.54) is 6.07 Å². The van der Waals surface area contributed by atoms with Gasteiger partial charge in [-0.25, -0.2) is 13.2 Å². The second kappa shape index (κ2) is 8.33.